The molecule has 1 atom stereocenters. The molecule has 1 aromatic heterocycles. The first kappa shape index (κ1) is 19.0. The zero-order chi connectivity index (χ0) is 20.1. The normalized spacial score (nSPS) is 22.4. The van der Waals surface area contributed by atoms with Crippen molar-refractivity contribution in [3.63, 3.8) is 0 Å². The van der Waals surface area contributed by atoms with E-state index in [0.29, 0.717) is 36.4 Å². The van der Waals surface area contributed by atoms with Crippen LogP contribution in [0, 0.1) is 0 Å². The molecule has 1 aliphatic carbocycles. The van der Waals surface area contributed by atoms with E-state index in [1.54, 1.807) is 11.0 Å². The topological polar surface area (TPSA) is 63.4 Å². The van der Waals surface area contributed by atoms with Gasteiger partial charge in [-0.15, -0.1) is 11.3 Å². The van der Waals surface area contributed by atoms with Crippen molar-refractivity contribution >= 4 is 28.0 Å². The van der Waals surface area contributed by atoms with Crippen LogP contribution in [0.5, 0.6) is 0 Å². The van der Waals surface area contributed by atoms with E-state index < -0.39 is 17.2 Å². The highest BCUT2D eigenvalue weighted by Gasteiger charge is 2.49. The Hall–Kier alpha value is -2.35. The van der Waals surface area contributed by atoms with Crippen molar-refractivity contribution in [3.05, 3.63) is 51.9 Å². The number of rotatable bonds is 2. The number of nitrogen functional groups attached to an aromatic ring is 1. The van der Waals surface area contributed by atoms with E-state index in [0.717, 1.165) is 23.3 Å². The third-order valence-electron chi connectivity index (χ3n) is 5.74. The van der Waals surface area contributed by atoms with E-state index in [1.807, 2.05) is 5.38 Å². The Balaban J connectivity index is 1.66. The predicted octanol–water partition coefficient (Wildman–Crippen LogP) is 3.92. The molecule has 2 aromatic rings. The number of ketones is 1. The quantitative estimate of drug-likeness (QED) is 0.819. The Kier molecular flexibility index (Phi) is 4.49. The Morgan fingerprint density at radius 3 is 2.57 bits per heavy atom. The molecule has 2 aliphatic rings. The van der Waals surface area contributed by atoms with Crippen LogP contribution in [0.4, 0.5) is 18.2 Å². The molecule has 4 rings (SSSR count). The lowest BCUT2D eigenvalue weighted by Gasteiger charge is -2.36. The Morgan fingerprint density at radius 1 is 1.18 bits per heavy atom. The van der Waals surface area contributed by atoms with Gasteiger partial charge in [0.15, 0.2) is 0 Å². The second kappa shape index (κ2) is 6.62. The number of nitrogens with zero attached hydrogens (tertiary/aromatic N) is 1. The van der Waals surface area contributed by atoms with Crippen molar-refractivity contribution in [1.29, 1.82) is 0 Å². The molecule has 2 heterocycles. The molecule has 2 N–H and O–H groups in total. The summed E-state index contributed by atoms with van der Waals surface area (Å²) in [4.78, 5) is 27.1. The Morgan fingerprint density at radius 2 is 1.96 bits per heavy atom. The lowest BCUT2D eigenvalue weighted by Crippen LogP contribution is -2.47. The third-order valence-corrected chi connectivity index (χ3v) is 6.51. The lowest BCUT2D eigenvalue weighted by atomic mass is 9.78. The van der Waals surface area contributed by atoms with Crippen LogP contribution in [-0.2, 0) is 34.1 Å². The molecule has 0 spiro atoms. The number of hydrogen-bond acceptors (Lipinski definition) is 4. The molecule has 0 radical (unpaired) electrons. The number of amides is 1. The summed E-state index contributed by atoms with van der Waals surface area (Å²) in [6.45, 7) is 0.542. The minimum absolute atomic E-state index is 0.0230. The molecule has 1 unspecified atom stereocenters. The molecule has 8 heteroatoms. The minimum Gasteiger partial charge on any atom is -0.391 e. The van der Waals surface area contributed by atoms with E-state index in [4.69, 9.17) is 5.73 Å². The lowest BCUT2D eigenvalue weighted by molar-refractivity contribution is -0.139. The van der Waals surface area contributed by atoms with Crippen molar-refractivity contribution in [2.45, 2.75) is 43.8 Å². The number of carbonyl (C=O) groups is 2. The molecule has 1 aliphatic heterocycles. The van der Waals surface area contributed by atoms with Crippen LogP contribution in [0.25, 0.3) is 0 Å². The van der Waals surface area contributed by atoms with Gasteiger partial charge in [0, 0.05) is 25.9 Å². The van der Waals surface area contributed by atoms with Crippen LogP contribution in [0.2, 0.25) is 0 Å². The standard InChI is InChI=1S/C20H19F3N2O2S/c21-20(22,23)14-2-1-12-4-6-25(10-13(12)7-14)18(27)19(5-3-16(26)9-19)15-8-17(24)28-11-15/h1-2,7-8,11H,3-6,9-10,24H2. The number of fused-ring (bicyclic) bond motifs is 1. The van der Waals surface area contributed by atoms with E-state index in [9.17, 15) is 22.8 Å². The maximum Gasteiger partial charge on any atom is 0.416 e. The molecule has 148 valence electrons. The molecule has 1 saturated carbocycles. The SMILES string of the molecule is Nc1cc(C2(C(=O)N3CCc4ccc(C(F)(F)F)cc4C3)CCC(=O)C2)cs1. The molecule has 1 amide bonds. The number of thiophene rings is 1. The first-order chi connectivity index (χ1) is 13.2. The largest absolute Gasteiger partial charge is 0.416 e. The summed E-state index contributed by atoms with van der Waals surface area (Å²) in [5.74, 6) is -0.172. The summed E-state index contributed by atoms with van der Waals surface area (Å²) in [5, 5.41) is 2.38. The second-order valence-corrected chi connectivity index (χ2v) is 8.44. The van der Waals surface area contributed by atoms with Gasteiger partial charge in [-0.25, -0.2) is 0 Å². The van der Waals surface area contributed by atoms with Gasteiger partial charge < -0.3 is 10.6 Å². The molecule has 0 bridgehead atoms. The third kappa shape index (κ3) is 3.19. The van der Waals surface area contributed by atoms with Gasteiger partial charge in [0.1, 0.15) is 5.78 Å². The molecular formula is C20H19F3N2O2S. The Labute approximate surface area is 164 Å². The van der Waals surface area contributed by atoms with Crippen LogP contribution in [0.3, 0.4) is 0 Å². The maximum absolute atomic E-state index is 13.5. The highest BCUT2D eigenvalue weighted by atomic mass is 32.1. The molecule has 0 saturated heterocycles. The van der Waals surface area contributed by atoms with Gasteiger partial charge >= 0.3 is 6.18 Å². The van der Waals surface area contributed by atoms with Crippen LogP contribution in [0.15, 0.2) is 29.6 Å². The molecule has 4 nitrogen and oxygen atoms in total. The zero-order valence-corrected chi connectivity index (χ0v) is 15.8. The van der Waals surface area contributed by atoms with Crippen molar-refractivity contribution in [1.82, 2.24) is 4.90 Å². The molecule has 28 heavy (non-hydrogen) atoms. The van der Waals surface area contributed by atoms with Gasteiger partial charge in [-0.05, 0) is 53.1 Å². The summed E-state index contributed by atoms with van der Waals surface area (Å²) < 4.78 is 39.2. The molecule has 1 fully saturated rings. The summed E-state index contributed by atoms with van der Waals surface area (Å²) in [7, 11) is 0. The maximum atomic E-state index is 13.5. The van der Waals surface area contributed by atoms with Crippen molar-refractivity contribution in [2.24, 2.45) is 0 Å². The number of hydrogen-bond donors (Lipinski definition) is 1. The molecular weight excluding hydrogens is 389 g/mol. The van der Waals surface area contributed by atoms with Gasteiger partial charge in [0.05, 0.1) is 16.0 Å². The number of nitrogens with two attached hydrogens (primary N) is 1. The smallest absolute Gasteiger partial charge is 0.391 e. The van der Waals surface area contributed by atoms with Crippen molar-refractivity contribution < 1.29 is 22.8 Å². The highest BCUT2D eigenvalue weighted by molar-refractivity contribution is 7.14. The molecule has 1 aromatic carbocycles. The summed E-state index contributed by atoms with van der Waals surface area (Å²) >= 11 is 1.32. The van der Waals surface area contributed by atoms with Crippen LogP contribution in [-0.4, -0.2) is 23.1 Å². The van der Waals surface area contributed by atoms with Crippen molar-refractivity contribution in [2.75, 3.05) is 12.3 Å². The number of alkyl halides is 3. The van der Waals surface area contributed by atoms with Gasteiger partial charge in [-0.1, -0.05) is 6.07 Å². The first-order valence-electron chi connectivity index (χ1n) is 9.04. The van der Waals surface area contributed by atoms with Crippen LogP contribution >= 0.6 is 11.3 Å². The fourth-order valence-corrected chi connectivity index (χ4v) is 4.98. The van der Waals surface area contributed by atoms with E-state index in [2.05, 4.69) is 0 Å². The van der Waals surface area contributed by atoms with Crippen molar-refractivity contribution in [3.8, 4) is 0 Å². The zero-order valence-electron chi connectivity index (χ0n) is 15.0. The van der Waals surface area contributed by atoms with E-state index in [-0.39, 0.29) is 24.7 Å². The van der Waals surface area contributed by atoms with E-state index in [1.165, 1.54) is 17.4 Å². The predicted molar refractivity (Wildman–Crippen MR) is 99.8 cm³/mol. The van der Waals surface area contributed by atoms with E-state index >= 15 is 0 Å². The second-order valence-electron chi connectivity index (χ2n) is 7.49. The fourth-order valence-electron chi connectivity index (χ4n) is 4.23. The average Bonchev–Trinajstić information content (AvgIpc) is 3.26. The summed E-state index contributed by atoms with van der Waals surface area (Å²) in [6.07, 6.45) is -3.07. The van der Waals surface area contributed by atoms with Gasteiger partial charge in [0.25, 0.3) is 0 Å². The van der Waals surface area contributed by atoms with Gasteiger partial charge in [-0.3, -0.25) is 9.59 Å². The number of anilines is 1. The van der Waals surface area contributed by atoms with Gasteiger partial charge in [0.2, 0.25) is 5.91 Å². The van der Waals surface area contributed by atoms with Crippen LogP contribution < -0.4 is 5.73 Å². The van der Waals surface area contributed by atoms with Crippen LogP contribution in [0.1, 0.15) is 41.5 Å². The number of Topliss-reactive ketones (excluding diaryl/α,β-unsaturated/α-hetero) is 1. The van der Waals surface area contributed by atoms with Gasteiger partial charge in [-0.2, -0.15) is 13.2 Å². The average molecular weight is 408 g/mol. The Bertz CT molecular complexity index is 953. The number of halogens is 3. The fraction of sp³-hybridized carbons (Fsp3) is 0.400. The number of carbonyl (C=O) groups excluding carboxylic acids is 2. The monoisotopic (exact) mass is 408 g/mol. The summed E-state index contributed by atoms with van der Waals surface area (Å²) in [6, 6.07) is 5.45. The first-order valence-corrected chi connectivity index (χ1v) is 9.91. The summed E-state index contributed by atoms with van der Waals surface area (Å²) in [5.41, 5.74) is 6.25. The minimum atomic E-state index is -4.42. The number of benzene rings is 1. The highest BCUT2D eigenvalue weighted by Crippen LogP contribution is 2.44.